The molecule has 0 aromatic heterocycles. The zero-order chi connectivity index (χ0) is 12.3. The van der Waals surface area contributed by atoms with Gasteiger partial charge in [-0.2, -0.15) is 0 Å². The van der Waals surface area contributed by atoms with E-state index in [9.17, 15) is 4.39 Å². The van der Waals surface area contributed by atoms with Gasteiger partial charge in [0.05, 0.1) is 0 Å². The van der Waals surface area contributed by atoms with Gasteiger partial charge in [-0.25, -0.2) is 4.39 Å². The molecule has 17 heavy (non-hydrogen) atoms. The van der Waals surface area contributed by atoms with Crippen LogP contribution in [0.15, 0.2) is 18.2 Å². The molecular weight excluding hydrogens is 213 g/mol. The Morgan fingerprint density at radius 3 is 2.59 bits per heavy atom. The van der Waals surface area contributed by atoms with Crippen molar-refractivity contribution in [3.8, 4) is 0 Å². The van der Waals surface area contributed by atoms with Crippen LogP contribution in [0.5, 0.6) is 0 Å². The number of hydrogen-bond donors (Lipinski definition) is 1. The highest BCUT2D eigenvalue weighted by atomic mass is 19.1. The van der Waals surface area contributed by atoms with Crippen LogP contribution in [0.25, 0.3) is 0 Å². The second kappa shape index (κ2) is 5.52. The second-order valence-corrected chi connectivity index (χ2v) is 5.23. The van der Waals surface area contributed by atoms with Gasteiger partial charge < -0.3 is 5.32 Å². The fourth-order valence-electron chi connectivity index (χ4n) is 2.68. The topological polar surface area (TPSA) is 12.0 Å². The summed E-state index contributed by atoms with van der Waals surface area (Å²) in [5, 5.41) is 3.49. The Morgan fingerprint density at radius 1 is 1.24 bits per heavy atom. The van der Waals surface area contributed by atoms with Gasteiger partial charge >= 0.3 is 0 Å². The zero-order valence-corrected chi connectivity index (χ0v) is 10.8. The summed E-state index contributed by atoms with van der Waals surface area (Å²) in [5.41, 5.74) is 2.09. The van der Waals surface area contributed by atoms with Crippen LogP contribution >= 0.6 is 0 Å². The Labute approximate surface area is 103 Å². The average molecular weight is 235 g/mol. The predicted octanol–water partition coefficient (Wildman–Crippen LogP) is 4.51. The smallest absolute Gasteiger partial charge is 0.125 e. The van der Waals surface area contributed by atoms with Crippen LogP contribution in [0.4, 0.5) is 10.1 Å². The van der Waals surface area contributed by atoms with Crippen molar-refractivity contribution in [3.05, 3.63) is 29.6 Å². The van der Waals surface area contributed by atoms with E-state index < -0.39 is 0 Å². The summed E-state index contributed by atoms with van der Waals surface area (Å²) in [6.45, 7) is 4.30. The highest BCUT2D eigenvalue weighted by Gasteiger charge is 2.20. The van der Waals surface area contributed by atoms with Gasteiger partial charge in [-0.15, -0.1) is 0 Å². The maximum absolute atomic E-state index is 13.2. The Bertz CT molecular complexity index is 367. The number of aryl methyl sites for hydroxylation is 1. The van der Waals surface area contributed by atoms with Gasteiger partial charge in [-0.05, 0) is 56.2 Å². The molecule has 94 valence electrons. The summed E-state index contributed by atoms with van der Waals surface area (Å²) in [5.74, 6) is 0.752. The van der Waals surface area contributed by atoms with Gasteiger partial charge in [-0.1, -0.05) is 19.4 Å². The minimum absolute atomic E-state index is 0.152. The summed E-state index contributed by atoms with van der Waals surface area (Å²) in [4.78, 5) is 0. The predicted molar refractivity (Wildman–Crippen MR) is 70.8 cm³/mol. The molecule has 1 fully saturated rings. The molecule has 0 aliphatic heterocycles. The zero-order valence-electron chi connectivity index (χ0n) is 10.8. The molecule has 0 unspecified atom stereocenters. The lowest BCUT2D eigenvalue weighted by Gasteiger charge is -2.29. The molecule has 1 saturated carbocycles. The normalized spacial score (nSPS) is 24.6. The number of anilines is 1. The Morgan fingerprint density at radius 2 is 1.94 bits per heavy atom. The molecule has 1 nitrogen and oxygen atoms in total. The molecule has 0 heterocycles. The summed E-state index contributed by atoms with van der Waals surface area (Å²) in [7, 11) is 0. The van der Waals surface area contributed by atoms with Gasteiger partial charge in [0, 0.05) is 11.7 Å². The third-order valence-electron chi connectivity index (χ3n) is 3.98. The molecule has 1 aromatic rings. The Balaban J connectivity index is 1.95. The van der Waals surface area contributed by atoms with Crippen LogP contribution in [0, 0.1) is 18.7 Å². The molecule has 0 radical (unpaired) electrons. The van der Waals surface area contributed by atoms with Crippen molar-refractivity contribution in [2.24, 2.45) is 5.92 Å². The molecule has 1 aliphatic rings. The van der Waals surface area contributed by atoms with Crippen molar-refractivity contribution < 1.29 is 4.39 Å². The van der Waals surface area contributed by atoms with Gasteiger partial charge in [-0.3, -0.25) is 0 Å². The van der Waals surface area contributed by atoms with Crippen molar-refractivity contribution >= 4 is 5.69 Å². The van der Waals surface area contributed by atoms with E-state index in [1.807, 2.05) is 13.0 Å². The molecule has 2 rings (SSSR count). The van der Waals surface area contributed by atoms with E-state index in [4.69, 9.17) is 0 Å². The Kier molecular flexibility index (Phi) is 4.03. The van der Waals surface area contributed by atoms with Crippen LogP contribution in [-0.2, 0) is 0 Å². The third-order valence-corrected chi connectivity index (χ3v) is 3.98. The lowest BCUT2D eigenvalue weighted by molar-refractivity contribution is 0.330. The summed E-state index contributed by atoms with van der Waals surface area (Å²) >= 11 is 0. The molecule has 0 atom stereocenters. The first kappa shape index (κ1) is 12.4. The lowest BCUT2D eigenvalue weighted by atomic mass is 9.84. The van der Waals surface area contributed by atoms with E-state index in [1.165, 1.54) is 38.2 Å². The molecule has 1 N–H and O–H groups in total. The summed E-state index contributed by atoms with van der Waals surface area (Å²) in [6, 6.07) is 5.50. The highest BCUT2D eigenvalue weighted by Crippen LogP contribution is 2.29. The molecule has 0 amide bonds. The van der Waals surface area contributed by atoms with Crippen LogP contribution in [0.3, 0.4) is 0 Å². The van der Waals surface area contributed by atoms with Crippen LogP contribution < -0.4 is 5.32 Å². The fraction of sp³-hybridized carbons (Fsp3) is 0.600. The summed E-state index contributed by atoms with van der Waals surface area (Å²) < 4.78 is 13.2. The minimum Gasteiger partial charge on any atom is -0.382 e. The minimum atomic E-state index is -0.152. The number of nitrogens with one attached hydrogen (secondary N) is 1. The van der Waals surface area contributed by atoms with E-state index in [0.717, 1.165) is 17.2 Å². The molecule has 1 aliphatic carbocycles. The van der Waals surface area contributed by atoms with Gasteiger partial charge in [0.15, 0.2) is 0 Å². The largest absolute Gasteiger partial charge is 0.382 e. The lowest BCUT2D eigenvalue weighted by Crippen LogP contribution is -2.26. The number of hydrogen-bond acceptors (Lipinski definition) is 1. The first-order valence-corrected chi connectivity index (χ1v) is 6.71. The molecule has 0 bridgehead atoms. The quantitative estimate of drug-likeness (QED) is 0.812. The molecule has 1 aromatic carbocycles. The molecule has 0 saturated heterocycles. The third kappa shape index (κ3) is 3.21. The molecule has 2 heteroatoms. The maximum atomic E-state index is 13.2. The summed E-state index contributed by atoms with van der Waals surface area (Å²) in [6.07, 6.45) is 6.35. The van der Waals surface area contributed by atoms with Crippen molar-refractivity contribution in [1.82, 2.24) is 0 Å². The van der Waals surface area contributed by atoms with Crippen LogP contribution in [-0.4, -0.2) is 6.04 Å². The van der Waals surface area contributed by atoms with Gasteiger partial charge in [0.25, 0.3) is 0 Å². The Hall–Kier alpha value is -1.05. The first-order valence-electron chi connectivity index (χ1n) is 6.71. The van der Waals surface area contributed by atoms with Crippen molar-refractivity contribution in [2.75, 3.05) is 5.32 Å². The van der Waals surface area contributed by atoms with Crippen LogP contribution in [0.2, 0.25) is 0 Å². The van der Waals surface area contributed by atoms with Crippen molar-refractivity contribution in [2.45, 2.75) is 52.0 Å². The highest BCUT2D eigenvalue weighted by molar-refractivity contribution is 5.51. The van der Waals surface area contributed by atoms with Gasteiger partial charge in [0.2, 0.25) is 0 Å². The maximum Gasteiger partial charge on any atom is 0.125 e. The van der Waals surface area contributed by atoms with E-state index in [-0.39, 0.29) is 5.82 Å². The number of rotatable bonds is 3. The van der Waals surface area contributed by atoms with Crippen LogP contribution in [0.1, 0.15) is 44.6 Å². The standard InChI is InChI=1S/C15H22FN/c1-3-12-5-8-14(9-6-12)17-15-10-13(16)7-4-11(15)2/h4,7,10,12,14,17H,3,5-6,8-9H2,1-2H3. The first-order chi connectivity index (χ1) is 8.19. The van der Waals surface area contributed by atoms with Crippen molar-refractivity contribution in [1.29, 1.82) is 0 Å². The van der Waals surface area contributed by atoms with E-state index in [1.54, 1.807) is 6.07 Å². The monoisotopic (exact) mass is 235 g/mol. The van der Waals surface area contributed by atoms with Crippen molar-refractivity contribution in [3.63, 3.8) is 0 Å². The van der Waals surface area contributed by atoms with E-state index >= 15 is 0 Å². The molecular formula is C15H22FN. The second-order valence-electron chi connectivity index (χ2n) is 5.23. The average Bonchev–Trinajstić information content (AvgIpc) is 2.35. The number of benzene rings is 1. The van der Waals surface area contributed by atoms with Gasteiger partial charge in [0.1, 0.15) is 5.82 Å². The molecule has 0 spiro atoms. The van der Waals surface area contributed by atoms with E-state index in [2.05, 4.69) is 12.2 Å². The SMILES string of the molecule is CCC1CCC(Nc2cc(F)ccc2C)CC1. The fourth-order valence-corrected chi connectivity index (χ4v) is 2.68. The number of halogens is 1. The van der Waals surface area contributed by atoms with E-state index in [0.29, 0.717) is 6.04 Å².